The van der Waals surface area contributed by atoms with E-state index < -0.39 is 44.9 Å². The van der Waals surface area contributed by atoms with Crippen molar-refractivity contribution in [1.29, 1.82) is 0 Å². The van der Waals surface area contributed by atoms with Crippen LogP contribution >= 0.6 is 0 Å². The van der Waals surface area contributed by atoms with Crippen molar-refractivity contribution in [3.05, 3.63) is 89.5 Å². The zero-order valence-electron chi connectivity index (χ0n) is 30.7. The number of alkyl halides is 1. The third-order valence-electron chi connectivity index (χ3n) is 8.01. The van der Waals surface area contributed by atoms with Crippen LogP contribution in [0.1, 0.15) is 44.4 Å². The van der Waals surface area contributed by atoms with Gasteiger partial charge in [0.05, 0.1) is 0 Å². The van der Waals surface area contributed by atoms with E-state index in [0.29, 0.717) is 29.7 Å². The predicted molar refractivity (Wildman–Crippen MR) is 193 cm³/mol. The Morgan fingerprint density at radius 3 is 1.22 bits per heavy atom. The van der Waals surface area contributed by atoms with E-state index >= 15 is 0 Å². The molecular weight excluding hydrogens is 769 g/mol. The van der Waals surface area contributed by atoms with Crippen molar-refractivity contribution in [3.8, 4) is 0 Å². The third-order valence-corrected chi connectivity index (χ3v) is 9.33. The van der Waals surface area contributed by atoms with Crippen LogP contribution in [0.5, 0.6) is 0 Å². The van der Waals surface area contributed by atoms with Crippen molar-refractivity contribution in [1.82, 2.24) is 0 Å². The van der Waals surface area contributed by atoms with Crippen molar-refractivity contribution in [2.75, 3.05) is 108 Å². The topological polar surface area (TPSA) is 116 Å². The van der Waals surface area contributed by atoms with Gasteiger partial charge in [0.1, 0.15) is 0 Å². The Kier molecular flexibility index (Phi) is 17.5. The molecule has 0 atom stereocenters. The molecule has 0 N–H and O–H groups in total. The van der Waals surface area contributed by atoms with Gasteiger partial charge >= 0.3 is 264 Å². The van der Waals surface area contributed by atoms with E-state index in [1.807, 2.05) is 100 Å². The molecule has 0 aliphatic heterocycles. The average molecular weight is 821 g/mol. The number of anilines is 3. The summed E-state index contributed by atoms with van der Waals surface area (Å²) in [7, 11) is 11.6. The van der Waals surface area contributed by atoms with Crippen molar-refractivity contribution < 1.29 is 62.8 Å². The Hall–Kier alpha value is -3.92. The van der Waals surface area contributed by atoms with Crippen LogP contribution in [-0.4, -0.2) is 111 Å². The molecule has 0 heterocycles. The van der Waals surface area contributed by atoms with Crippen LogP contribution in [0.2, 0.25) is 0 Å². The number of carbonyl (C=O) groups excluding carboxylic acids is 3. The van der Waals surface area contributed by atoms with Gasteiger partial charge in [-0.1, -0.05) is 0 Å². The number of halogens is 1. The quantitative estimate of drug-likeness (QED) is 0.0487. The summed E-state index contributed by atoms with van der Waals surface area (Å²) in [5, 5.41) is 0. The summed E-state index contributed by atoms with van der Waals surface area (Å²) in [5.41, 5.74) is 3.83. The molecule has 51 heavy (non-hydrogen) atoms. The van der Waals surface area contributed by atoms with Gasteiger partial charge in [0, 0.05) is 39.6 Å². The van der Waals surface area contributed by atoms with E-state index in [1.54, 1.807) is 36.4 Å². The molecule has 0 saturated heterocycles. The first-order chi connectivity index (χ1) is 24.4. The van der Waals surface area contributed by atoms with Crippen LogP contribution in [0.3, 0.4) is 0 Å². The fourth-order valence-corrected chi connectivity index (χ4v) is 6.06. The fraction of sp³-hybridized carbons (Fsp3) is 0.447. The monoisotopic (exact) mass is 820 g/mol. The van der Waals surface area contributed by atoms with E-state index in [4.69, 9.17) is 26.8 Å². The Balaban J connectivity index is 1.48. The molecule has 0 unspecified atom stereocenters. The Morgan fingerprint density at radius 2 is 0.882 bits per heavy atom. The Morgan fingerprint density at radius 1 is 0.529 bits per heavy atom. The zero-order valence-corrected chi connectivity index (χ0v) is 32.8. The van der Waals surface area contributed by atoms with E-state index in [2.05, 4.69) is 0 Å². The van der Waals surface area contributed by atoms with Gasteiger partial charge in [-0.2, -0.15) is 0 Å². The van der Waals surface area contributed by atoms with Crippen molar-refractivity contribution in [3.63, 3.8) is 0 Å². The molecule has 0 saturated carbocycles. The minimum absolute atomic E-state index is 0.0830. The number of hydrogen-bond acceptors (Lipinski definition) is 12. The molecule has 3 aromatic carbocycles. The van der Waals surface area contributed by atoms with Gasteiger partial charge in [0.2, 0.25) is 0 Å². The second-order valence-corrected chi connectivity index (χ2v) is 14.3. The molecule has 12 nitrogen and oxygen atoms in total. The number of nitrogens with zero attached hydrogens (tertiary/aromatic N) is 3. The molecule has 0 aliphatic rings. The van der Waals surface area contributed by atoms with Crippen LogP contribution < -0.4 is 36.3 Å². The SMILES string of the molecule is CCC(COCCOC(=O)c1ccc(N(C)C)cc1)(COCCOC(=O)c1ccc(N(C)C)cc1)CO[I-]COC(=O)c1ccc(N(C)C)cc1. The first-order valence-electron chi connectivity index (χ1n) is 16.6. The fourth-order valence-electron chi connectivity index (χ4n) is 4.59. The van der Waals surface area contributed by atoms with Crippen molar-refractivity contribution in [2.45, 2.75) is 13.3 Å². The van der Waals surface area contributed by atoms with Gasteiger partial charge in [-0.3, -0.25) is 0 Å². The molecule has 0 radical (unpaired) electrons. The number of carbonyl (C=O) groups is 3. The van der Waals surface area contributed by atoms with Gasteiger partial charge in [0.25, 0.3) is 0 Å². The first kappa shape index (κ1) is 41.5. The van der Waals surface area contributed by atoms with Crippen LogP contribution in [-0.2, 0) is 26.8 Å². The third kappa shape index (κ3) is 14.0. The van der Waals surface area contributed by atoms with E-state index in [0.717, 1.165) is 17.1 Å². The van der Waals surface area contributed by atoms with Crippen molar-refractivity contribution >= 4 is 35.0 Å². The summed E-state index contributed by atoms with van der Waals surface area (Å²) >= 11 is -0.926. The van der Waals surface area contributed by atoms with Gasteiger partial charge in [-0.05, 0) is 0 Å². The van der Waals surface area contributed by atoms with Gasteiger partial charge in [-0.15, -0.1) is 0 Å². The van der Waals surface area contributed by atoms with Gasteiger partial charge < -0.3 is 9.80 Å². The van der Waals surface area contributed by atoms with Crippen LogP contribution in [0.25, 0.3) is 0 Å². The van der Waals surface area contributed by atoms with E-state index in [-0.39, 0.29) is 44.3 Å². The number of hydrogen-bond donors (Lipinski definition) is 0. The van der Waals surface area contributed by atoms with E-state index in [1.165, 1.54) is 0 Å². The predicted octanol–water partition coefficient (Wildman–Crippen LogP) is 2.16. The number of esters is 3. The average Bonchev–Trinajstić information content (AvgIpc) is 3.13. The zero-order chi connectivity index (χ0) is 37.2. The molecule has 0 amide bonds. The molecule has 3 aromatic rings. The molecule has 0 spiro atoms. The first-order valence-corrected chi connectivity index (χ1v) is 19.1. The summed E-state index contributed by atoms with van der Waals surface area (Å²) in [5.74, 6) is -1.25. The minimum atomic E-state index is -0.926. The Labute approximate surface area is 312 Å². The summed E-state index contributed by atoms with van der Waals surface area (Å²) in [6.45, 7) is 3.41. The van der Waals surface area contributed by atoms with Gasteiger partial charge in [-0.25, -0.2) is 0 Å². The molecular formula is C38H51IN3O9-. The second-order valence-electron chi connectivity index (χ2n) is 12.5. The molecule has 0 aromatic heterocycles. The summed E-state index contributed by atoms with van der Waals surface area (Å²) < 4.78 is 34.5. The maximum atomic E-state index is 12.5. The number of rotatable bonds is 22. The number of ether oxygens (including phenoxy) is 5. The molecule has 0 fully saturated rings. The van der Waals surface area contributed by atoms with Crippen LogP contribution in [0, 0.1) is 5.41 Å². The summed E-state index contributed by atoms with van der Waals surface area (Å²) in [4.78, 5) is 43.4. The van der Waals surface area contributed by atoms with E-state index in [9.17, 15) is 14.4 Å². The second kappa shape index (κ2) is 21.4. The Bertz CT molecular complexity index is 1320. The maximum absolute atomic E-state index is 12.5. The standard InChI is InChI=1S/C38H51IN3O9/c1-8-38(25-46-21-23-48-35(43)29-9-15-32(16-10-29)40(2)3,26-47-22-24-49-36(44)30-11-17-33(18-12-30)41(4)5)27-51-39-28-50-37(45)31-13-19-34(20-14-31)42(6)7/h9-20H,8,21-28H2,1-7H3/q-1. The molecule has 280 valence electrons. The summed E-state index contributed by atoms with van der Waals surface area (Å²) in [6, 6.07) is 21.6. The molecule has 13 heteroatoms. The van der Waals surface area contributed by atoms with Gasteiger partial charge in [0.15, 0.2) is 0 Å². The summed E-state index contributed by atoms with van der Waals surface area (Å²) in [6.07, 6.45) is 0.658. The van der Waals surface area contributed by atoms with Crippen molar-refractivity contribution in [2.24, 2.45) is 5.41 Å². The van der Waals surface area contributed by atoms with Crippen LogP contribution in [0.15, 0.2) is 72.8 Å². The molecule has 3 rings (SSSR count). The normalized spacial score (nSPS) is 11.2. The van der Waals surface area contributed by atoms with Crippen LogP contribution in [0.4, 0.5) is 17.1 Å². The number of benzene rings is 3. The molecule has 0 aliphatic carbocycles. The molecule has 0 bridgehead atoms.